The highest BCUT2D eigenvalue weighted by atomic mass is 16.6. The molecule has 1 atom stereocenters. The molecule has 0 saturated heterocycles. The summed E-state index contributed by atoms with van der Waals surface area (Å²) in [7, 11) is 0. The molecule has 0 radical (unpaired) electrons. The SMILES string of the molecule is C=C(C)C(C)N(O)C(=O)OC(C)(C)C. The van der Waals surface area contributed by atoms with Gasteiger partial charge in [0.2, 0.25) is 0 Å². The third-order valence-electron chi connectivity index (χ3n) is 1.66. The van der Waals surface area contributed by atoms with Gasteiger partial charge in [-0.15, -0.1) is 0 Å². The lowest BCUT2D eigenvalue weighted by Crippen LogP contribution is -2.40. The van der Waals surface area contributed by atoms with Gasteiger partial charge in [0.25, 0.3) is 0 Å². The summed E-state index contributed by atoms with van der Waals surface area (Å²) in [5, 5.41) is 9.97. The molecular formula is C10H19NO3. The average Bonchev–Trinajstić information content (AvgIpc) is 1.98. The Bertz CT molecular complexity index is 230. The van der Waals surface area contributed by atoms with Gasteiger partial charge in [-0.05, 0) is 34.6 Å². The first-order valence-electron chi connectivity index (χ1n) is 4.51. The van der Waals surface area contributed by atoms with Crippen molar-refractivity contribution in [3.05, 3.63) is 12.2 Å². The summed E-state index contributed by atoms with van der Waals surface area (Å²) in [6.07, 6.45) is -0.756. The quantitative estimate of drug-likeness (QED) is 0.424. The Kier molecular flexibility index (Phi) is 4.13. The molecule has 0 aromatic rings. The second-order valence-electron chi connectivity index (χ2n) is 4.35. The second-order valence-corrected chi connectivity index (χ2v) is 4.35. The molecule has 4 nitrogen and oxygen atoms in total. The van der Waals surface area contributed by atoms with E-state index in [1.807, 2.05) is 0 Å². The zero-order chi connectivity index (χ0) is 11.5. The number of carbonyl (C=O) groups excluding carboxylic acids is 1. The Morgan fingerprint density at radius 3 is 2.21 bits per heavy atom. The minimum atomic E-state index is -0.756. The Morgan fingerprint density at radius 2 is 1.93 bits per heavy atom. The molecule has 0 aliphatic heterocycles. The Labute approximate surface area is 85.1 Å². The largest absolute Gasteiger partial charge is 0.442 e. The Hall–Kier alpha value is -1.03. The van der Waals surface area contributed by atoms with Crippen molar-refractivity contribution in [3.8, 4) is 0 Å². The summed E-state index contributed by atoms with van der Waals surface area (Å²) < 4.78 is 4.97. The average molecular weight is 201 g/mol. The van der Waals surface area contributed by atoms with Crippen LogP contribution in [0.5, 0.6) is 0 Å². The van der Waals surface area contributed by atoms with Gasteiger partial charge in [-0.3, -0.25) is 5.21 Å². The van der Waals surface area contributed by atoms with E-state index in [2.05, 4.69) is 6.58 Å². The zero-order valence-electron chi connectivity index (χ0n) is 9.50. The van der Waals surface area contributed by atoms with Crippen LogP contribution in [-0.2, 0) is 4.74 Å². The van der Waals surface area contributed by atoms with Gasteiger partial charge < -0.3 is 4.74 Å². The normalized spacial score (nSPS) is 13.3. The van der Waals surface area contributed by atoms with Crippen LogP contribution in [0.1, 0.15) is 34.6 Å². The molecule has 1 N–H and O–H groups in total. The monoisotopic (exact) mass is 201 g/mol. The van der Waals surface area contributed by atoms with Crippen LogP contribution < -0.4 is 0 Å². The van der Waals surface area contributed by atoms with E-state index < -0.39 is 17.7 Å². The summed E-state index contributed by atoms with van der Waals surface area (Å²) in [6.45, 7) is 12.3. The Balaban J connectivity index is 4.33. The lowest BCUT2D eigenvalue weighted by Gasteiger charge is -2.26. The lowest BCUT2D eigenvalue weighted by atomic mass is 10.2. The fraction of sp³-hybridized carbons (Fsp3) is 0.700. The van der Waals surface area contributed by atoms with Crippen molar-refractivity contribution in [1.82, 2.24) is 5.06 Å². The van der Waals surface area contributed by atoms with Crippen molar-refractivity contribution in [2.75, 3.05) is 0 Å². The molecule has 0 heterocycles. The van der Waals surface area contributed by atoms with E-state index >= 15 is 0 Å². The zero-order valence-corrected chi connectivity index (χ0v) is 9.50. The van der Waals surface area contributed by atoms with E-state index in [0.29, 0.717) is 10.6 Å². The van der Waals surface area contributed by atoms with Gasteiger partial charge in [-0.25, -0.2) is 4.79 Å². The van der Waals surface area contributed by atoms with Gasteiger partial charge in [-0.2, -0.15) is 5.06 Å². The molecule has 0 saturated carbocycles. The van der Waals surface area contributed by atoms with Gasteiger partial charge in [0.05, 0.1) is 6.04 Å². The van der Waals surface area contributed by atoms with Crippen molar-refractivity contribution in [3.63, 3.8) is 0 Å². The highest BCUT2D eigenvalue weighted by Gasteiger charge is 2.24. The standard InChI is InChI=1S/C10H19NO3/c1-7(2)8(3)11(13)9(12)14-10(4,5)6/h8,13H,1H2,2-6H3. The minimum Gasteiger partial charge on any atom is -0.442 e. The first kappa shape index (κ1) is 13.0. The van der Waals surface area contributed by atoms with E-state index in [4.69, 9.17) is 4.74 Å². The topological polar surface area (TPSA) is 49.8 Å². The third-order valence-corrected chi connectivity index (χ3v) is 1.66. The van der Waals surface area contributed by atoms with Crippen molar-refractivity contribution in [2.24, 2.45) is 0 Å². The van der Waals surface area contributed by atoms with Crippen LogP contribution in [-0.4, -0.2) is 28.0 Å². The van der Waals surface area contributed by atoms with Gasteiger partial charge in [-0.1, -0.05) is 12.2 Å². The van der Waals surface area contributed by atoms with Crippen molar-refractivity contribution in [1.29, 1.82) is 0 Å². The van der Waals surface area contributed by atoms with E-state index in [1.165, 1.54) is 0 Å². The third kappa shape index (κ3) is 4.28. The van der Waals surface area contributed by atoms with Gasteiger partial charge in [0.15, 0.2) is 0 Å². The van der Waals surface area contributed by atoms with Crippen LogP contribution in [0.4, 0.5) is 4.79 Å². The minimum absolute atomic E-state index is 0.440. The first-order chi connectivity index (χ1) is 6.15. The van der Waals surface area contributed by atoms with E-state index in [1.54, 1.807) is 34.6 Å². The maximum Gasteiger partial charge on any atom is 0.434 e. The van der Waals surface area contributed by atoms with Crippen molar-refractivity contribution >= 4 is 6.09 Å². The second kappa shape index (κ2) is 4.46. The van der Waals surface area contributed by atoms with Crippen LogP contribution in [0.2, 0.25) is 0 Å². The number of carbonyl (C=O) groups is 1. The molecule has 1 amide bonds. The number of nitrogens with zero attached hydrogens (tertiary/aromatic N) is 1. The number of hydrogen-bond acceptors (Lipinski definition) is 3. The predicted molar refractivity (Wildman–Crippen MR) is 54.1 cm³/mol. The summed E-state index contributed by atoms with van der Waals surface area (Å²) >= 11 is 0. The van der Waals surface area contributed by atoms with Crippen molar-refractivity contribution < 1.29 is 14.7 Å². The van der Waals surface area contributed by atoms with Crippen molar-refractivity contribution in [2.45, 2.75) is 46.3 Å². The smallest absolute Gasteiger partial charge is 0.434 e. The lowest BCUT2D eigenvalue weighted by molar-refractivity contribution is -0.108. The molecule has 14 heavy (non-hydrogen) atoms. The number of hydroxylamine groups is 2. The van der Waals surface area contributed by atoms with Crippen LogP contribution in [0.15, 0.2) is 12.2 Å². The number of ether oxygens (including phenoxy) is 1. The molecular weight excluding hydrogens is 182 g/mol. The fourth-order valence-electron chi connectivity index (χ4n) is 0.676. The van der Waals surface area contributed by atoms with Crippen LogP contribution in [0.3, 0.4) is 0 Å². The van der Waals surface area contributed by atoms with Crippen LogP contribution >= 0.6 is 0 Å². The molecule has 0 aliphatic carbocycles. The maximum absolute atomic E-state index is 11.3. The summed E-state index contributed by atoms with van der Waals surface area (Å²) in [6, 6.07) is -0.440. The molecule has 82 valence electrons. The van der Waals surface area contributed by atoms with Crippen LogP contribution in [0.25, 0.3) is 0 Å². The highest BCUT2D eigenvalue weighted by molar-refractivity contribution is 5.67. The number of rotatable bonds is 2. The summed E-state index contributed by atoms with van der Waals surface area (Å²) in [5.41, 5.74) is 0.0886. The summed E-state index contributed by atoms with van der Waals surface area (Å²) in [5.74, 6) is 0. The van der Waals surface area contributed by atoms with Gasteiger partial charge in [0, 0.05) is 0 Å². The maximum atomic E-state index is 11.3. The molecule has 0 fully saturated rings. The molecule has 0 bridgehead atoms. The summed E-state index contributed by atoms with van der Waals surface area (Å²) in [4.78, 5) is 11.3. The number of hydrogen-bond donors (Lipinski definition) is 1. The van der Waals surface area contributed by atoms with E-state index in [9.17, 15) is 10.0 Å². The predicted octanol–water partition coefficient (Wildman–Crippen LogP) is 2.58. The molecule has 0 spiro atoms. The molecule has 0 rings (SSSR count). The molecule has 0 aliphatic rings. The van der Waals surface area contributed by atoms with Gasteiger partial charge in [0.1, 0.15) is 5.60 Å². The fourth-order valence-corrected chi connectivity index (χ4v) is 0.676. The number of amides is 1. The molecule has 4 heteroatoms. The van der Waals surface area contributed by atoms with Crippen LogP contribution in [0, 0.1) is 0 Å². The highest BCUT2D eigenvalue weighted by Crippen LogP contribution is 2.12. The molecule has 0 aromatic heterocycles. The van der Waals surface area contributed by atoms with Gasteiger partial charge >= 0.3 is 6.09 Å². The Morgan fingerprint density at radius 1 is 1.50 bits per heavy atom. The van der Waals surface area contributed by atoms with E-state index in [-0.39, 0.29) is 0 Å². The molecule has 0 aromatic carbocycles. The van der Waals surface area contributed by atoms with E-state index in [0.717, 1.165) is 0 Å². The first-order valence-corrected chi connectivity index (χ1v) is 4.51. The molecule has 1 unspecified atom stereocenters.